The minimum absolute atomic E-state index is 0.0369. The van der Waals surface area contributed by atoms with Crippen molar-refractivity contribution in [2.45, 2.75) is 99.6 Å². The third-order valence-corrected chi connectivity index (χ3v) is 10.3. The normalized spacial score (nSPS) is 14.0. The Morgan fingerprint density at radius 3 is 1.63 bits per heavy atom. The van der Waals surface area contributed by atoms with E-state index in [-0.39, 0.29) is 35.0 Å². The molecule has 0 saturated carbocycles. The van der Waals surface area contributed by atoms with E-state index in [1.807, 2.05) is 55.5 Å². The van der Waals surface area contributed by atoms with E-state index in [0.717, 1.165) is 49.3 Å². The first-order chi connectivity index (χ1) is 27.9. The maximum atomic E-state index is 11.2. The molecule has 1 unspecified atom stereocenters. The number of nitriles is 2. The zero-order valence-corrected chi connectivity index (χ0v) is 37.2. The largest absolute Gasteiger partial charge is 0.352 e. The first kappa shape index (κ1) is 46.7. The summed E-state index contributed by atoms with van der Waals surface area (Å²) in [6.07, 6.45) is 10.8. The van der Waals surface area contributed by atoms with Crippen LogP contribution in [0.15, 0.2) is 73.1 Å². The molecule has 0 bridgehead atoms. The summed E-state index contributed by atoms with van der Waals surface area (Å²) in [5, 5.41) is 18.3. The topological polar surface area (TPSA) is 152 Å². The maximum absolute atomic E-state index is 11.2. The van der Waals surface area contributed by atoms with Crippen molar-refractivity contribution < 1.29 is 12.6 Å². The van der Waals surface area contributed by atoms with E-state index in [4.69, 9.17) is 14.7 Å². The van der Waals surface area contributed by atoms with Gasteiger partial charge in [0, 0.05) is 44.5 Å². The van der Waals surface area contributed by atoms with Gasteiger partial charge in [-0.2, -0.15) is 18.9 Å². The lowest BCUT2D eigenvalue weighted by molar-refractivity contribution is 0.226. The number of rotatable bonds is 16. The van der Waals surface area contributed by atoms with Gasteiger partial charge < -0.3 is 14.7 Å². The molecule has 1 saturated heterocycles. The number of benzene rings is 2. The minimum Gasteiger partial charge on any atom is -0.352 e. The number of likely N-dealkylation sites (tertiary alicyclic amines) is 1. The maximum Gasteiger partial charge on any atom is 0.264 e. The summed E-state index contributed by atoms with van der Waals surface area (Å²) < 4.78 is 27.3. The number of hydrogen-bond donors (Lipinski definition) is 0. The minimum atomic E-state index is -3.45. The summed E-state index contributed by atoms with van der Waals surface area (Å²) >= 11 is 0. The van der Waals surface area contributed by atoms with Crippen LogP contribution in [0.1, 0.15) is 114 Å². The van der Waals surface area contributed by atoms with E-state index >= 15 is 0 Å². The van der Waals surface area contributed by atoms with Crippen LogP contribution in [-0.2, 0) is 33.8 Å². The van der Waals surface area contributed by atoms with Crippen LogP contribution in [0.3, 0.4) is 0 Å². The molecule has 5 rings (SSSR count). The molecule has 1 fully saturated rings. The van der Waals surface area contributed by atoms with E-state index in [2.05, 4.69) is 100 Å². The second-order valence-electron chi connectivity index (χ2n) is 18.0. The van der Waals surface area contributed by atoms with Gasteiger partial charge in [0.05, 0.1) is 12.9 Å². The highest BCUT2D eigenvalue weighted by molar-refractivity contribution is 7.85. The fourth-order valence-electron chi connectivity index (χ4n) is 6.95. The third kappa shape index (κ3) is 17.4. The molecule has 13 heteroatoms. The molecule has 12 nitrogen and oxygen atoms in total. The van der Waals surface area contributed by atoms with Crippen molar-refractivity contribution in [3.8, 4) is 12.1 Å². The first-order valence-electron chi connectivity index (χ1n) is 20.6. The van der Waals surface area contributed by atoms with Crippen LogP contribution >= 0.6 is 0 Å². The molecule has 2 aromatic carbocycles. The molecule has 1 atom stereocenters. The van der Waals surface area contributed by atoms with Crippen molar-refractivity contribution in [1.82, 2.24) is 24.8 Å². The van der Waals surface area contributed by atoms with Crippen molar-refractivity contribution in [3.05, 3.63) is 107 Å². The monoisotopic (exact) mass is 821 g/mol. The fraction of sp³-hybridized carbons (Fsp3) is 0.522. The van der Waals surface area contributed by atoms with E-state index < -0.39 is 10.1 Å². The lowest BCUT2D eigenvalue weighted by Crippen LogP contribution is -2.33. The molecule has 0 radical (unpaired) electrons. The van der Waals surface area contributed by atoms with Crippen molar-refractivity contribution in [1.29, 1.82) is 10.5 Å². The molecule has 0 amide bonds. The summed E-state index contributed by atoms with van der Waals surface area (Å²) in [5.74, 6) is 1.85. The van der Waals surface area contributed by atoms with Gasteiger partial charge in [-0.15, -0.1) is 0 Å². The Hall–Kier alpha value is -4.95. The average Bonchev–Trinajstić information content (AvgIpc) is 3.20. The lowest BCUT2D eigenvalue weighted by Gasteiger charge is -2.31. The average molecular weight is 822 g/mol. The van der Waals surface area contributed by atoms with Gasteiger partial charge in [0.1, 0.15) is 23.8 Å². The Kier molecular flexibility index (Phi) is 17.3. The molecular weight excluding hydrogens is 759 g/mol. The number of aryl methyl sites for hydroxylation is 1. The van der Waals surface area contributed by atoms with Gasteiger partial charge in [0.25, 0.3) is 10.1 Å². The van der Waals surface area contributed by atoms with Gasteiger partial charge in [-0.05, 0) is 90.5 Å². The zero-order chi connectivity index (χ0) is 43.1. The number of nitrogens with zero attached hydrogens (tertiary/aromatic N) is 9. The second kappa shape index (κ2) is 21.9. The molecule has 1 aliphatic rings. The Bertz CT molecular complexity index is 2090. The Morgan fingerprint density at radius 2 is 1.19 bits per heavy atom. The van der Waals surface area contributed by atoms with E-state index in [1.165, 1.54) is 56.4 Å². The SMILES string of the molecule is CC(C)(C)CN(Cc1ccc(CCCN2CCCCC2)cc1)c1ccnc(C#N)n1.CC(COS(C)(=O)=O)c1ccc(CN(CC(C)(C)C)c2ccnc(C#N)n2)cc1. The van der Waals surface area contributed by atoms with Gasteiger partial charge in [-0.3, -0.25) is 4.18 Å². The molecule has 0 aliphatic carbocycles. The Labute approximate surface area is 353 Å². The van der Waals surface area contributed by atoms with Crippen molar-refractivity contribution in [2.75, 3.05) is 55.4 Å². The number of anilines is 2. The molecule has 0 spiro atoms. The highest BCUT2D eigenvalue weighted by Gasteiger charge is 2.21. The first-order valence-corrected chi connectivity index (χ1v) is 22.4. The van der Waals surface area contributed by atoms with Gasteiger partial charge >= 0.3 is 0 Å². The van der Waals surface area contributed by atoms with Crippen LogP contribution in [0, 0.1) is 33.5 Å². The Morgan fingerprint density at radius 1 is 0.729 bits per heavy atom. The molecule has 0 N–H and O–H groups in total. The molecule has 3 heterocycles. The smallest absolute Gasteiger partial charge is 0.264 e. The Balaban J connectivity index is 0.000000261. The summed E-state index contributed by atoms with van der Waals surface area (Å²) in [4.78, 5) is 23.7. The lowest BCUT2D eigenvalue weighted by atomic mass is 9.95. The summed E-state index contributed by atoms with van der Waals surface area (Å²) in [6.45, 7) is 21.9. The van der Waals surface area contributed by atoms with Gasteiger partial charge in [-0.25, -0.2) is 19.9 Å². The van der Waals surface area contributed by atoms with Gasteiger partial charge in [-0.1, -0.05) is 103 Å². The summed E-state index contributed by atoms with van der Waals surface area (Å²) in [6, 6.07) is 24.8. The van der Waals surface area contributed by atoms with Crippen LogP contribution in [0.5, 0.6) is 0 Å². The van der Waals surface area contributed by atoms with Crippen LogP contribution in [0.4, 0.5) is 11.6 Å². The van der Waals surface area contributed by atoms with Crippen molar-refractivity contribution >= 4 is 21.8 Å². The van der Waals surface area contributed by atoms with Crippen molar-refractivity contribution in [3.63, 3.8) is 0 Å². The summed E-state index contributed by atoms with van der Waals surface area (Å²) in [5.41, 5.74) is 4.92. The predicted molar refractivity (Wildman–Crippen MR) is 235 cm³/mol. The number of aromatic nitrogens is 4. The van der Waals surface area contributed by atoms with E-state index in [9.17, 15) is 8.42 Å². The van der Waals surface area contributed by atoms with Crippen molar-refractivity contribution in [2.24, 2.45) is 10.8 Å². The van der Waals surface area contributed by atoms with E-state index in [0.29, 0.717) is 12.4 Å². The molecule has 316 valence electrons. The fourth-order valence-corrected chi connectivity index (χ4v) is 7.41. The quantitative estimate of drug-likeness (QED) is 0.100. The third-order valence-electron chi connectivity index (χ3n) is 9.70. The summed E-state index contributed by atoms with van der Waals surface area (Å²) in [7, 11) is -3.45. The molecular formula is C46H63N9O3S. The molecule has 59 heavy (non-hydrogen) atoms. The van der Waals surface area contributed by atoms with Gasteiger partial charge in [0.15, 0.2) is 0 Å². The van der Waals surface area contributed by atoms with E-state index in [1.54, 1.807) is 12.4 Å². The second-order valence-corrected chi connectivity index (χ2v) is 19.6. The highest BCUT2D eigenvalue weighted by atomic mass is 32.2. The zero-order valence-electron chi connectivity index (χ0n) is 36.4. The predicted octanol–water partition coefficient (Wildman–Crippen LogP) is 8.30. The van der Waals surface area contributed by atoms with Crippen LogP contribution in [-0.4, -0.2) is 78.8 Å². The standard InChI is InChI=1S/C25H35N5.C21H28N4O3S/c1-25(2,3)20-30(24-13-14-27-23(18-26)28-24)19-22-11-9-21(10-12-22)8-7-17-29-15-5-4-6-16-29;1-16(14-28-29(5,26)27)18-8-6-17(7-9-18)13-25(15-21(2,3)4)20-10-11-23-19(12-22)24-20/h9-14H,4-8,15-17,19-20H2,1-3H3;6-11,16H,13-15H2,1-5H3. The van der Waals surface area contributed by atoms with Gasteiger partial charge in [0.2, 0.25) is 11.6 Å². The number of hydrogen-bond acceptors (Lipinski definition) is 12. The molecule has 4 aromatic rings. The molecule has 2 aromatic heterocycles. The van der Waals surface area contributed by atoms with Crippen LogP contribution in [0.2, 0.25) is 0 Å². The number of piperidine rings is 1. The van der Waals surface area contributed by atoms with Crippen LogP contribution < -0.4 is 9.80 Å². The van der Waals surface area contributed by atoms with Crippen LogP contribution in [0.25, 0.3) is 0 Å². The highest BCUT2D eigenvalue weighted by Crippen LogP contribution is 2.25. The molecule has 1 aliphatic heterocycles.